The fourth-order valence-corrected chi connectivity index (χ4v) is 4.72. The number of hydrogen-bond acceptors (Lipinski definition) is 2. The Labute approximate surface area is 192 Å². The maximum atomic E-state index is 4.64. The largest absolute Gasteiger partial charge is 0.309 e. The molecule has 3 aromatic heterocycles. The fourth-order valence-electron chi connectivity index (χ4n) is 4.72. The lowest BCUT2D eigenvalue weighted by molar-refractivity contribution is 0.616. The molecule has 0 fully saturated rings. The van der Waals surface area contributed by atoms with Crippen LogP contribution in [0.1, 0.15) is 25.1 Å². The van der Waals surface area contributed by atoms with Crippen LogP contribution in [0.3, 0.4) is 0 Å². The number of benzene rings is 3. The van der Waals surface area contributed by atoms with Gasteiger partial charge in [-0.15, -0.1) is 0 Å². The summed E-state index contributed by atoms with van der Waals surface area (Å²) in [4.78, 5) is 4.64. The minimum atomic E-state index is -0.212. The van der Waals surface area contributed by atoms with Crippen LogP contribution in [-0.4, -0.2) is 19.3 Å². The molecule has 160 valence electrons. The van der Waals surface area contributed by atoms with Gasteiger partial charge in [0.05, 0.1) is 22.4 Å². The van der Waals surface area contributed by atoms with Gasteiger partial charge < -0.3 is 4.57 Å². The molecule has 6 aromatic rings. The molecule has 0 aliphatic heterocycles. The van der Waals surface area contributed by atoms with Crippen LogP contribution in [0.25, 0.3) is 33.2 Å². The summed E-state index contributed by atoms with van der Waals surface area (Å²) < 4.78 is 4.26. The highest BCUT2D eigenvalue weighted by atomic mass is 15.3. The van der Waals surface area contributed by atoms with Gasteiger partial charge in [0.15, 0.2) is 0 Å². The van der Waals surface area contributed by atoms with Crippen molar-refractivity contribution in [2.45, 2.75) is 19.3 Å². The Balaban J connectivity index is 1.59. The normalized spacial score (nSPS) is 11.9. The van der Waals surface area contributed by atoms with E-state index >= 15 is 0 Å². The number of para-hydroxylation sites is 1. The van der Waals surface area contributed by atoms with Crippen molar-refractivity contribution >= 4 is 21.8 Å². The van der Waals surface area contributed by atoms with Gasteiger partial charge in [-0.3, -0.25) is 4.98 Å². The summed E-state index contributed by atoms with van der Waals surface area (Å²) >= 11 is 0. The summed E-state index contributed by atoms with van der Waals surface area (Å²) in [6.07, 6.45) is 5.65. The molecule has 0 saturated heterocycles. The van der Waals surface area contributed by atoms with Gasteiger partial charge >= 0.3 is 0 Å². The molecule has 0 aliphatic carbocycles. The molecule has 0 saturated carbocycles. The number of rotatable bonds is 4. The lowest BCUT2D eigenvalue weighted by atomic mass is 9.81. The van der Waals surface area contributed by atoms with Crippen molar-refractivity contribution < 1.29 is 0 Å². The highest BCUT2D eigenvalue weighted by molar-refractivity contribution is 6.09. The van der Waals surface area contributed by atoms with Crippen LogP contribution in [0.4, 0.5) is 0 Å². The highest BCUT2D eigenvalue weighted by Crippen LogP contribution is 2.36. The zero-order valence-corrected chi connectivity index (χ0v) is 18.7. The van der Waals surface area contributed by atoms with E-state index in [1.165, 1.54) is 21.9 Å². The first-order valence-electron chi connectivity index (χ1n) is 11.2. The minimum Gasteiger partial charge on any atom is -0.309 e. The molecule has 0 atom stereocenters. The minimum absolute atomic E-state index is 0.212. The molecule has 0 bridgehead atoms. The second-order valence-corrected chi connectivity index (χ2v) is 8.89. The first-order valence-corrected chi connectivity index (χ1v) is 11.2. The molecule has 0 amide bonds. The van der Waals surface area contributed by atoms with Crippen molar-refractivity contribution in [1.29, 1.82) is 0 Å². The van der Waals surface area contributed by atoms with Crippen molar-refractivity contribution in [3.8, 4) is 11.4 Å². The first kappa shape index (κ1) is 19.5. The van der Waals surface area contributed by atoms with Gasteiger partial charge in [-0.2, -0.15) is 5.10 Å². The molecule has 0 unspecified atom stereocenters. The molecule has 0 radical (unpaired) electrons. The molecule has 4 heteroatoms. The molecule has 3 heterocycles. The molecule has 0 aliphatic rings. The third-order valence-corrected chi connectivity index (χ3v) is 6.56. The van der Waals surface area contributed by atoms with E-state index in [1.807, 2.05) is 35.4 Å². The fraction of sp³-hybridized carbons (Fsp3) is 0.103. The van der Waals surface area contributed by atoms with E-state index in [1.54, 1.807) is 0 Å². The van der Waals surface area contributed by atoms with E-state index in [2.05, 4.69) is 107 Å². The molecule has 4 nitrogen and oxygen atoms in total. The van der Waals surface area contributed by atoms with Gasteiger partial charge in [-0.25, -0.2) is 4.68 Å². The summed E-state index contributed by atoms with van der Waals surface area (Å²) in [6.45, 7) is 4.46. The average molecular weight is 429 g/mol. The molecular weight excluding hydrogens is 404 g/mol. The molecule has 3 aromatic carbocycles. The predicted octanol–water partition coefficient (Wildman–Crippen LogP) is 6.69. The number of hydrogen-bond donors (Lipinski definition) is 0. The van der Waals surface area contributed by atoms with Crippen LogP contribution >= 0.6 is 0 Å². The zero-order chi connectivity index (χ0) is 22.4. The summed E-state index contributed by atoms with van der Waals surface area (Å²) in [5.74, 6) is 0. The lowest BCUT2D eigenvalue weighted by Gasteiger charge is -2.25. The lowest BCUT2D eigenvalue weighted by Crippen LogP contribution is -2.20. The molecule has 33 heavy (non-hydrogen) atoms. The standard InChI is InChI=1S/C29H24N4/c1-29(2,28-13-5-6-16-30-28)21-9-7-10-23(19-21)33-26-12-4-3-11-24(26)25-15-14-22(20-27(25)33)32-18-8-17-31-32/h3-20H,1-2H3. The number of pyridine rings is 1. The third kappa shape index (κ3) is 3.14. The Morgan fingerprint density at radius 2 is 1.52 bits per heavy atom. The summed E-state index contributed by atoms with van der Waals surface area (Å²) in [5, 5.41) is 6.91. The van der Waals surface area contributed by atoms with Crippen molar-refractivity contribution in [1.82, 2.24) is 19.3 Å². The van der Waals surface area contributed by atoms with Gasteiger partial charge in [-0.05, 0) is 54.1 Å². The van der Waals surface area contributed by atoms with Crippen molar-refractivity contribution in [3.63, 3.8) is 0 Å². The summed E-state index contributed by atoms with van der Waals surface area (Å²) in [7, 11) is 0. The SMILES string of the molecule is CC(C)(c1cccc(-n2c3ccccc3c3ccc(-n4cccn4)cc32)c1)c1ccccn1. The van der Waals surface area contributed by atoms with E-state index in [0.29, 0.717) is 0 Å². The number of nitrogens with zero attached hydrogens (tertiary/aromatic N) is 4. The quantitative estimate of drug-likeness (QED) is 0.314. The van der Waals surface area contributed by atoms with Gasteiger partial charge in [0, 0.05) is 40.5 Å². The topological polar surface area (TPSA) is 35.6 Å². The van der Waals surface area contributed by atoms with Crippen molar-refractivity contribution in [2.24, 2.45) is 0 Å². The Morgan fingerprint density at radius 1 is 0.667 bits per heavy atom. The highest BCUT2D eigenvalue weighted by Gasteiger charge is 2.25. The number of fused-ring (bicyclic) bond motifs is 3. The Hall–Kier alpha value is -4.18. The molecule has 0 spiro atoms. The second-order valence-electron chi connectivity index (χ2n) is 8.89. The Kier molecular flexibility index (Phi) is 4.40. The van der Waals surface area contributed by atoms with Crippen LogP contribution in [0.2, 0.25) is 0 Å². The van der Waals surface area contributed by atoms with E-state index in [0.717, 1.165) is 22.6 Å². The summed E-state index contributed by atoms with van der Waals surface area (Å²) in [5.41, 5.74) is 6.62. The van der Waals surface area contributed by atoms with Gasteiger partial charge in [0.2, 0.25) is 0 Å². The van der Waals surface area contributed by atoms with Crippen LogP contribution in [-0.2, 0) is 5.41 Å². The van der Waals surface area contributed by atoms with Crippen LogP contribution in [0.15, 0.2) is 110 Å². The average Bonchev–Trinajstić information content (AvgIpc) is 3.51. The van der Waals surface area contributed by atoms with Crippen molar-refractivity contribution in [2.75, 3.05) is 0 Å². The third-order valence-electron chi connectivity index (χ3n) is 6.56. The molecular formula is C29H24N4. The van der Waals surface area contributed by atoms with Crippen LogP contribution < -0.4 is 0 Å². The Bertz CT molecular complexity index is 1570. The van der Waals surface area contributed by atoms with E-state index in [-0.39, 0.29) is 5.41 Å². The van der Waals surface area contributed by atoms with Crippen LogP contribution in [0.5, 0.6) is 0 Å². The predicted molar refractivity (Wildman–Crippen MR) is 134 cm³/mol. The van der Waals surface area contributed by atoms with E-state index in [4.69, 9.17) is 0 Å². The van der Waals surface area contributed by atoms with E-state index < -0.39 is 0 Å². The molecule has 6 rings (SSSR count). The first-order chi connectivity index (χ1) is 16.1. The zero-order valence-electron chi connectivity index (χ0n) is 18.7. The summed E-state index contributed by atoms with van der Waals surface area (Å²) in [6, 6.07) is 32.0. The monoisotopic (exact) mass is 428 g/mol. The second kappa shape index (κ2) is 7.45. The smallest absolute Gasteiger partial charge is 0.0666 e. The van der Waals surface area contributed by atoms with Gasteiger partial charge in [0.25, 0.3) is 0 Å². The van der Waals surface area contributed by atoms with Crippen LogP contribution in [0, 0.1) is 0 Å². The maximum absolute atomic E-state index is 4.64. The van der Waals surface area contributed by atoms with Crippen molar-refractivity contribution in [3.05, 3.63) is 121 Å². The Morgan fingerprint density at radius 3 is 2.33 bits per heavy atom. The number of aromatic nitrogens is 4. The maximum Gasteiger partial charge on any atom is 0.0666 e. The van der Waals surface area contributed by atoms with E-state index in [9.17, 15) is 0 Å². The van der Waals surface area contributed by atoms with Gasteiger partial charge in [-0.1, -0.05) is 56.3 Å². The van der Waals surface area contributed by atoms with Gasteiger partial charge in [0.1, 0.15) is 0 Å². The molecule has 0 N–H and O–H groups in total.